The first-order valence-electron chi connectivity index (χ1n) is 2.58. The SMILES string of the molecule is Cl.Cl.Cl.c1cnn2cnnc2c1. The predicted octanol–water partition coefficient (Wildman–Crippen LogP) is 1.39. The molecule has 4 nitrogen and oxygen atoms in total. The van der Waals surface area contributed by atoms with Crippen molar-refractivity contribution in [2.45, 2.75) is 0 Å². The number of hydrogen-bond donors (Lipinski definition) is 0. The normalized spacial score (nSPS) is 7.67. The molecule has 2 aromatic rings. The summed E-state index contributed by atoms with van der Waals surface area (Å²) < 4.78 is 1.61. The third-order valence-corrected chi connectivity index (χ3v) is 1.08. The van der Waals surface area contributed by atoms with Crippen molar-refractivity contribution in [3.63, 3.8) is 0 Å². The standard InChI is InChI=1S/C5H4N4.3ClH/c1-2-5-8-6-4-9(5)7-3-1;;;/h1-4H;3*1H. The van der Waals surface area contributed by atoms with E-state index in [2.05, 4.69) is 15.3 Å². The zero-order chi connectivity index (χ0) is 6.10. The Labute approximate surface area is 87.6 Å². The highest BCUT2D eigenvalue weighted by Gasteiger charge is 1.88. The summed E-state index contributed by atoms with van der Waals surface area (Å²) in [7, 11) is 0. The molecule has 2 rings (SSSR count). The fraction of sp³-hybridized carbons (Fsp3) is 0. The smallest absolute Gasteiger partial charge is 0.177 e. The number of rotatable bonds is 0. The summed E-state index contributed by atoms with van der Waals surface area (Å²) >= 11 is 0. The van der Waals surface area contributed by atoms with E-state index in [4.69, 9.17) is 0 Å². The Morgan fingerprint density at radius 1 is 1.17 bits per heavy atom. The lowest BCUT2D eigenvalue weighted by atomic mass is 10.6. The highest BCUT2D eigenvalue weighted by molar-refractivity contribution is 5.86. The summed E-state index contributed by atoms with van der Waals surface area (Å²) in [6.07, 6.45) is 3.26. The van der Waals surface area contributed by atoms with Crippen molar-refractivity contribution < 1.29 is 0 Å². The van der Waals surface area contributed by atoms with Crippen LogP contribution in [-0.2, 0) is 0 Å². The molecule has 0 saturated heterocycles. The van der Waals surface area contributed by atoms with Crippen molar-refractivity contribution in [2.24, 2.45) is 0 Å². The molecular formula is C5H7Cl3N4. The van der Waals surface area contributed by atoms with Crippen molar-refractivity contribution in [1.82, 2.24) is 19.8 Å². The van der Waals surface area contributed by atoms with E-state index in [1.807, 2.05) is 12.1 Å². The number of nitrogens with zero attached hydrogens (tertiary/aromatic N) is 4. The van der Waals surface area contributed by atoms with Crippen molar-refractivity contribution in [1.29, 1.82) is 0 Å². The Balaban J connectivity index is 0. The second-order valence-electron chi connectivity index (χ2n) is 1.66. The van der Waals surface area contributed by atoms with Crippen LogP contribution in [0.2, 0.25) is 0 Å². The Morgan fingerprint density at radius 2 is 1.92 bits per heavy atom. The molecule has 0 aromatic carbocycles. The summed E-state index contributed by atoms with van der Waals surface area (Å²) in [5.41, 5.74) is 0.775. The van der Waals surface area contributed by atoms with E-state index in [0.717, 1.165) is 5.65 Å². The molecule has 0 fully saturated rings. The highest BCUT2D eigenvalue weighted by atomic mass is 35.5. The van der Waals surface area contributed by atoms with Crippen LogP contribution in [0.4, 0.5) is 0 Å². The Bertz CT molecular complexity index is 293. The van der Waals surface area contributed by atoms with Crippen LogP contribution in [0.5, 0.6) is 0 Å². The highest BCUT2D eigenvalue weighted by Crippen LogP contribution is 1.90. The van der Waals surface area contributed by atoms with Crippen LogP contribution >= 0.6 is 37.2 Å². The molecule has 2 heterocycles. The van der Waals surface area contributed by atoms with Gasteiger partial charge in [0.1, 0.15) is 6.33 Å². The monoisotopic (exact) mass is 228 g/mol. The van der Waals surface area contributed by atoms with E-state index in [0.29, 0.717) is 0 Å². The molecule has 0 saturated carbocycles. The van der Waals surface area contributed by atoms with Gasteiger partial charge in [-0.1, -0.05) is 0 Å². The van der Waals surface area contributed by atoms with E-state index in [1.54, 1.807) is 17.0 Å². The summed E-state index contributed by atoms with van der Waals surface area (Å²) in [4.78, 5) is 0. The molecule has 12 heavy (non-hydrogen) atoms. The third-order valence-electron chi connectivity index (χ3n) is 1.08. The third kappa shape index (κ3) is 2.48. The van der Waals surface area contributed by atoms with Crippen molar-refractivity contribution in [3.05, 3.63) is 24.7 Å². The van der Waals surface area contributed by atoms with Gasteiger partial charge in [0.25, 0.3) is 0 Å². The molecule has 0 aliphatic heterocycles. The summed E-state index contributed by atoms with van der Waals surface area (Å²) in [6.45, 7) is 0. The lowest BCUT2D eigenvalue weighted by molar-refractivity contribution is 0.926. The first kappa shape index (κ1) is 14.0. The molecule has 0 aliphatic rings. The second kappa shape index (κ2) is 5.99. The largest absolute Gasteiger partial charge is 0.201 e. The van der Waals surface area contributed by atoms with Gasteiger partial charge < -0.3 is 0 Å². The molecule has 0 atom stereocenters. The van der Waals surface area contributed by atoms with Crippen LogP contribution in [0.15, 0.2) is 24.7 Å². The van der Waals surface area contributed by atoms with Gasteiger partial charge in [-0.3, -0.25) is 0 Å². The number of aromatic nitrogens is 4. The molecule has 0 radical (unpaired) electrons. The summed E-state index contributed by atoms with van der Waals surface area (Å²) in [6, 6.07) is 3.67. The van der Waals surface area contributed by atoms with Crippen LogP contribution in [0, 0.1) is 0 Å². The Morgan fingerprint density at radius 3 is 2.58 bits per heavy atom. The molecule has 0 bridgehead atoms. The zero-order valence-electron chi connectivity index (χ0n) is 5.82. The average Bonchev–Trinajstić information content (AvgIpc) is 2.33. The molecule has 2 aromatic heterocycles. The van der Waals surface area contributed by atoms with Crippen molar-refractivity contribution >= 4 is 42.9 Å². The molecule has 0 amide bonds. The summed E-state index contributed by atoms with van der Waals surface area (Å²) in [5.74, 6) is 0. The predicted molar refractivity (Wildman–Crippen MR) is 52.5 cm³/mol. The van der Waals surface area contributed by atoms with E-state index >= 15 is 0 Å². The van der Waals surface area contributed by atoms with Gasteiger partial charge in [0.2, 0.25) is 0 Å². The quantitative estimate of drug-likeness (QED) is 0.686. The first-order chi connectivity index (χ1) is 4.47. The maximum atomic E-state index is 3.93. The van der Waals surface area contributed by atoms with Crippen LogP contribution in [0.3, 0.4) is 0 Å². The molecule has 7 heteroatoms. The average molecular weight is 229 g/mol. The molecule has 0 N–H and O–H groups in total. The van der Waals surface area contributed by atoms with E-state index in [9.17, 15) is 0 Å². The molecule has 0 spiro atoms. The van der Waals surface area contributed by atoms with E-state index in [1.165, 1.54) is 0 Å². The van der Waals surface area contributed by atoms with Crippen LogP contribution in [-0.4, -0.2) is 19.8 Å². The van der Waals surface area contributed by atoms with Gasteiger partial charge in [-0.05, 0) is 12.1 Å². The number of fused-ring (bicyclic) bond motifs is 1. The van der Waals surface area contributed by atoms with Gasteiger partial charge in [-0.25, -0.2) is 4.52 Å². The van der Waals surface area contributed by atoms with Gasteiger partial charge in [0.15, 0.2) is 5.65 Å². The summed E-state index contributed by atoms with van der Waals surface area (Å²) in [5, 5.41) is 11.4. The minimum absolute atomic E-state index is 0. The molecule has 0 unspecified atom stereocenters. The lowest BCUT2D eigenvalue weighted by Gasteiger charge is -1.83. The first-order valence-corrected chi connectivity index (χ1v) is 2.58. The fourth-order valence-electron chi connectivity index (χ4n) is 0.677. The minimum Gasteiger partial charge on any atom is -0.201 e. The number of halogens is 3. The van der Waals surface area contributed by atoms with Gasteiger partial charge in [-0.15, -0.1) is 47.4 Å². The van der Waals surface area contributed by atoms with Crippen LogP contribution < -0.4 is 0 Å². The van der Waals surface area contributed by atoms with Gasteiger partial charge in [0.05, 0.1) is 0 Å². The topological polar surface area (TPSA) is 43.1 Å². The zero-order valence-corrected chi connectivity index (χ0v) is 8.27. The van der Waals surface area contributed by atoms with Crippen molar-refractivity contribution in [2.75, 3.05) is 0 Å². The lowest BCUT2D eigenvalue weighted by Crippen LogP contribution is -1.85. The van der Waals surface area contributed by atoms with E-state index in [-0.39, 0.29) is 37.2 Å². The van der Waals surface area contributed by atoms with E-state index < -0.39 is 0 Å². The maximum absolute atomic E-state index is 3.93. The Hall–Kier alpha value is -0.580. The fourth-order valence-corrected chi connectivity index (χ4v) is 0.677. The maximum Gasteiger partial charge on any atom is 0.177 e. The molecular weight excluding hydrogens is 222 g/mol. The minimum atomic E-state index is 0. The Kier molecular flexibility index (Phi) is 6.98. The van der Waals surface area contributed by atoms with Gasteiger partial charge >= 0.3 is 0 Å². The van der Waals surface area contributed by atoms with Crippen LogP contribution in [0.25, 0.3) is 5.65 Å². The van der Waals surface area contributed by atoms with Crippen molar-refractivity contribution in [3.8, 4) is 0 Å². The second-order valence-corrected chi connectivity index (χ2v) is 1.66. The van der Waals surface area contributed by atoms with Crippen LogP contribution in [0.1, 0.15) is 0 Å². The number of hydrogen-bond acceptors (Lipinski definition) is 3. The van der Waals surface area contributed by atoms with Gasteiger partial charge in [-0.2, -0.15) is 5.10 Å². The molecule has 0 aliphatic carbocycles. The molecule has 68 valence electrons. The van der Waals surface area contributed by atoms with Gasteiger partial charge in [0, 0.05) is 6.20 Å².